The standard InChI is InChI=1S/C8H2BCl2FN2/c9-4-1-3-6(2-5(4)12)13-8(11)14-7(3)10/h1-2H. The fourth-order valence-corrected chi connectivity index (χ4v) is 1.55. The summed E-state index contributed by atoms with van der Waals surface area (Å²) in [5.41, 5.74) is 0.340. The van der Waals surface area contributed by atoms with Gasteiger partial charge in [-0.2, -0.15) is 0 Å². The number of hydrogen-bond donors (Lipinski definition) is 0. The lowest BCUT2D eigenvalue weighted by molar-refractivity contribution is 0.637. The van der Waals surface area contributed by atoms with Gasteiger partial charge in [-0.1, -0.05) is 23.1 Å². The Morgan fingerprint density at radius 3 is 2.64 bits per heavy atom. The third kappa shape index (κ3) is 1.55. The fraction of sp³-hybridized carbons (Fsp3) is 0. The molecule has 2 aromatic rings. The molecule has 2 radical (unpaired) electrons. The number of fused-ring (bicyclic) bond motifs is 1. The summed E-state index contributed by atoms with van der Waals surface area (Å²) in [5.74, 6) is -0.552. The van der Waals surface area contributed by atoms with E-state index in [1.54, 1.807) is 0 Å². The minimum absolute atomic E-state index is 0.00493. The first-order valence-corrected chi connectivity index (χ1v) is 4.41. The molecule has 0 fully saturated rings. The molecule has 0 amide bonds. The summed E-state index contributed by atoms with van der Waals surface area (Å²) in [7, 11) is 5.37. The van der Waals surface area contributed by atoms with Gasteiger partial charge in [0.15, 0.2) is 0 Å². The highest BCUT2D eigenvalue weighted by molar-refractivity contribution is 6.37. The quantitative estimate of drug-likeness (QED) is 0.390. The molecule has 1 aromatic carbocycles. The van der Waals surface area contributed by atoms with Gasteiger partial charge in [-0.3, -0.25) is 0 Å². The molecule has 0 spiro atoms. The summed E-state index contributed by atoms with van der Waals surface area (Å²) < 4.78 is 13.0. The summed E-state index contributed by atoms with van der Waals surface area (Å²) in [6.45, 7) is 0. The van der Waals surface area contributed by atoms with Gasteiger partial charge in [0.2, 0.25) is 5.28 Å². The van der Waals surface area contributed by atoms with Crippen molar-refractivity contribution in [3.8, 4) is 0 Å². The summed E-state index contributed by atoms with van der Waals surface area (Å²) in [6, 6.07) is 2.55. The summed E-state index contributed by atoms with van der Waals surface area (Å²) >= 11 is 11.3. The maximum atomic E-state index is 13.0. The molecule has 14 heavy (non-hydrogen) atoms. The molecule has 0 saturated heterocycles. The number of nitrogens with zero attached hydrogens (tertiary/aromatic N) is 2. The minimum atomic E-state index is -0.552. The Morgan fingerprint density at radius 1 is 1.21 bits per heavy atom. The van der Waals surface area contributed by atoms with Crippen LogP contribution in [0.3, 0.4) is 0 Å². The second-order valence-corrected chi connectivity index (χ2v) is 3.37. The zero-order valence-corrected chi connectivity index (χ0v) is 8.27. The first-order chi connectivity index (χ1) is 6.58. The van der Waals surface area contributed by atoms with E-state index < -0.39 is 5.82 Å². The molecular formula is C8H2BCl2FN2. The van der Waals surface area contributed by atoms with E-state index in [0.29, 0.717) is 10.9 Å². The fourth-order valence-electron chi connectivity index (χ4n) is 1.10. The highest BCUT2D eigenvalue weighted by atomic mass is 35.5. The summed E-state index contributed by atoms with van der Waals surface area (Å²) in [4.78, 5) is 7.53. The number of aromatic nitrogens is 2. The van der Waals surface area contributed by atoms with Crippen LogP contribution in [0.4, 0.5) is 4.39 Å². The van der Waals surface area contributed by atoms with Gasteiger partial charge < -0.3 is 0 Å². The second kappa shape index (κ2) is 3.37. The van der Waals surface area contributed by atoms with E-state index in [1.165, 1.54) is 12.1 Å². The molecule has 68 valence electrons. The number of benzene rings is 1. The van der Waals surface area contributed by atoms with Crippen molar-refractivity contribution >= 4 is 47.4 Å². The Bertz CT molecular complexity index is 518. The third-order valence-electron chi connectivity index (χ3n) is 1.74. The normalized spacial score (nSPS) is 10.8. The van der Waals surface area contributed by atoms with Crippen molar-refractivity contribution in [3.05, 3.63) is 28.4 Å². The highest BCUT2D eigenvalue weighted by Gasteiger charge is 2.07. The van der Waals surface area contributed by atoms with Gasteiger partial charge in [-0.25, -0.2) is 14.4 Å². The molecule has 1 heterocycles. The number of halogens is 3. The van der Waals surface area contributed by atoms with E-state index >= 15 is 0 Å². The second-order valence-electron chi connectivity index (χ2n) is 2.67. The van der Waals surface area contributed by atoms with Crippen molar-refractivity contribution < 1.29 is 4.39 Å². The zero-order valence-electron chi connectivity index (χ0n) is 6.76. The van der Waals surface area contributed by atoms with Crippen molar-refractivity contribution in [2.75, 3.05) is 0 Å². The predicted molar refractivity (Wildman–Crippen MR) is 54.9 cm³/mol. The van der Waals surface area contributed by atoms with Crippen molar-refractivity contribution in [3.63, 3.8) is 0 Å². The Balaban J connectivity index is 2.89. The van der Waals surface area contributed by atoms with Gasteiger partial charge >= 0.3 is 0 Å². The van der Waals surface area contributed by atoms with Crippen LogP contribution in [-0.2, 0) is 0 Å². The van der Waals surface area contributed by atoms with Crippen LogP contribution in [0, 0.1) is 5.82 Å². The molecule has 6 heteroatoms. The average molecular weight is 227 g/mol. The van der Waals surface area contributed by atoms with Gasteiger partial charge in [0.25, 0.3) is 0 Å². The Labute approximate surface area is 90.5 Å². The van der Waals surface area contributed by atoms with Crippen LogP contribution in [-0.4, -0.2) is 17.8 Å². The number of rotatable bonds is 0. The van der Waals surface area contributed by atoms with Gasteiger partial charge in [0.05, 0.1) is 5.52 Å². The lowest BCUT2D eigenvalue weighted by Crippen LogP contribution is -2.08. The van der Waals surface area contributed by atoms with E-state index in [-0.39, 0.29) is 15.9 Å². The van der Waals surface area contributed by atoms with Crippen LogP contribution in [0.1, 0.15) is 0 Å². The van der Waals surface area contributed by atoms with Crippen molar-refractivity contribution in [2.24, 2.45) is 0 Å². The molecule has 2 nitrogen and oxygen atoms in total. The van der Waals surface area contributed by atoms with Crippen molar-refractivity contribution in [1.29, 1.82) is 0 Å². The van der Waals surface area contributed by atoms with Crippen LogP contribution in [0.5, 0.6) is 0 Å². The lowest BCUT2D eigenvalue weighted by atomic mass is 9.94. The number of hydrogen-bond acceptors (Lipinski definition) is 2. The van der Waals surface area contributed by atoms with E-state index in [1.807, 2.05) is 0 Å². The first-order valence-electron chi connectivity index (χ1n) is 3.65. The Hall–Kier alpha value is -0.865. The maximum absolute atomic E-state index is 13.0. The molecule has 0 atom stereocenters. The maximum Gasteiger partial charge on any atom is 0.224 e. The van der Waals surface area contributed by atoms with Crippen LogP contribution in [0.25, 0.3) is 10.9 Å². The van der Waals surface area contributed by atoms with Gasteiger partial charge in [0.1, 0.15) is 18.8 Å². The van der Waals surface area contributed by atoms with Gasteiger partial charge in [0, 0.05) is 5.39 Å². The summed E-state index contributed by atoms with van der Waals surface area (Å²) in [5, 5.41) is 0.619. The monoisotopic (exact) mass is 226 g/mol. The van der Waals surface area contributed by atoms with Crippen molar-refractivity contribution in [1.82, 2.24) is 9.97 Å². The van der Waals surface area contributed by atoms with E-state index in [4.69, 9.17) is 31.0 Å². The first kappa shape index (κ1) is 9.68. The Kier molecular flexibility index (Phi) is 2.33. The molecule has 0 N–H and O–H groups in total. The molecule has 0 aliphatic heterocycles. The predicted octanol–water partition coefficient (Wildman–Crippen LogP) is 1.87. The molecule has 0 unspecified atom stereocenters. The van der Waals surface area contributed by atoms with E-state index in [0.717, 1.165) is 0 Å². The molecule has 0 aliphatic rings. The van der Waals surface area contributed by atoms with Gasteiger partial charge in [-0.15, -0.1) is 0 Å². The average Bonchev–Trinajstić information content (AvgIpc) is 2.08. The smallest absolute Gasteiger partial charge is 0.218 e. The summed E-state index contributed by atoms with van der Waals surface area (Å²) in [6.07, 6.45) is 0. The lowest BCUT2D eigenvalue weighted by Gasteiger charge is -2.02. The molecule has 1 aromatic heterocycles. The molecule has 2 rings (SSSR count). The van der Waals surface area contributed by atoms with Crippen LogP contribution < -0.4 is 5.46 Å². The SMILES string of the molecule is [B]c1cc2c(Cl)nc(Cl)nc2cc1F. The molecule has 0 aliphatic carbocycles. The van der Waals surface area contributed by atoms with E-state index in [2.05, 4.69) is 9.97 Å². The zero-order chi connectivity index (χ0) is 10.3. The van der Waals surface area contributed by atoms with E-state index in [9.17, 15) is 4.39 Å². The molecule has 0 saturated carbocycles. The van der Waals surface area contributed by atoms with Crippen LogP contribution >= 0.6 is 23.2 Å². The Morgan fingerprint density at radius 2 is 1.93 bits per heavy atom. The topological polar surface area (TPSA) is 25.8 Å². The molecular weight excluding hydrogens is 225 g/mol. The van der Waals surface area contributed by atoms with Crippen molar-refractivity contribution in [2.45, 2.75) is 0 Å². The highest BCUT2D eigenvalue weighted by Crippen LogP contribution is 2.21. The largest absolute Gasteiger partial charge is 0.224 e. The third-order valence-corrected chi connectivity index (χ3v) is 2.20. The minimum Gasteiger partial charge on any atom is -0.218 e. The van der Waals surface area contributed by atoms with Gasteiger partial charge in [-0.05, 0) is 17.7 Å². The van der Waals surface area contributed by atoms with Crippen LogP contribution in [0.15, 0.2) is 12.1 Å². The van der Waals surface area contributed by atoms with Crippen LogP contribution in [0.2, 0.25) is 10.4 Å². The molecule has 0 bridgehead atoms.